The Hall–Kier alpha value is -2.53. The molecule has 2 aromatic carbocycles. The second kappa shape index (κ2) is 10.7. The Morgan fingerprint density at radius 2 is 1.64 bits per heavy atom. The molecule has 0 unspecified atom stereocenters. The molecule has 1 N–H and O–H groups in total. The van der Waals surface area contributed by atoms with Crippen LogP contribution in [-0.2, 0) is 22.6 Å². The molecular formula is C22H27ClN2O3. The molecule has 5 nitrogen and oxygen atoms in total. The van der Waals surface area contributed by atoms with Crippen LogP contribution in [0.4, 0.5) is 0 Å². The molecule has 0 fully saturated rings. The average Bonchev–Trinajstić information content (AvgIpc) is 2.70. The van der Waals surface area contributed by atoms with Crippen molar-refractivity contribution in [1.29, 1.82) is 0 Å². The zero-order chi connectivity index (χ0) is 20.5. The number of ether oxygens (including phenoxy) is 1. The van der Waals surface area contributed by atoms with Crippen LogP contribution in [0.2, 0.25) is 5.02 Å². The van der Waals surface area contributed by atoms with E-state index in [1.807, 2.05) is 50.2 Å². The van der Waals surface area contributed by atoms with Gasteiger partial charge in [-0.3, -0.25) is 9.59 Å². The Balaban J connectivity index is 2.25. The van der Waals surface area contributed by atoms with Crippen LogP contribution in [-0.4, -0.2) is 36.4 Å². The highest BCUT2D eigenvalue weighted by molar-refractivity contribution is 6.30. The van der Waals surface area contributed by atoms with Gasteiger partial charge in [-0.2, -0.15) is 0 Å². The number of halogens is 1. The Bertz CT molecular complexity index is 775. The molecule has 1 atom stereocenters. The molecule has 0 heterocycles. The first kappa shape index (κ1) is 21.8. The largest absolute Gasteiger partial charge is 0.497 e. The number of benzene rings is 2. The van der Waals surface area contributed by atoms with Crippen molar-refractivity contribution in [2.24, 2.45) is 0 Å². The topological polar surface area (TPSA) is 58.6 Å². The number of hydrogen-bond acceptors (Lipinski definition) is 3. The van der Waals surface area contributed by atoms with Gasteiger partial charge in [0.1, 0.15) is 11.8 Å². The fourth-order valence-electron chi connectivity index (χ4n) is 3.02. The van der Waals surface area contributed by atoms with E-state index in [9.17, 15) is 9.59 Å². The van der Waals surface area contributed by atoms with Crippen molar-refractivity contribution in [3.8, 4) is 5.75 Å². The Kier molecular flexibility index (Phi) is 8.33. The molecule has 0 saturated heterocycles. The molecule has 0 aliphatic heterocycles. The van der Waals surface area contributed by atoms with Crippen molar-refractivity contribution in [2.45, 2.75) is 39.3 Å². The number of nitrogens with zero attached hydrogens (tertiary/aromatic N) is 1. The Labute approximate surface area is 171 Å². The summed E-state index contributed by atoms with van der Waals surface area (Å²) in [6, 6.07) is 14.2. The van der Waals surface area contributed by atoms with E-state index in [2.05, 4.69) is 5.32 Å². The van der Waals surface area contributed by atoms with Crippen molar-refractivity contribution in [1.82, 2.24) is 10.2 Å². The molecule has 0 aliphatic carbocycles. The molecule has 0 radical (unpaired) electrons. The van der Waals surface area contributed by atoms with Gasteiger partial charge in [0.05, 0.1) is 13.5 Å². The molecule has 0 aliphatic rings. The van der Waals surface area contributed by atoms with Crippen LogP contribution >= 0.6 is 11.6 Å². The standard InChI is InChI=1S/C22H27ClN2O3/c1-4-20(22(27)24-5-2)25(15-17-8-12-19(28-3)13-9-17)21(26)14-16-6-10-18(23)11-7-16/h6-13,20H,4-5,14-15H2,1-3H3,(H,24,27)/t20-/m1/s1. The molecule has 2 amide bonds. The first-order valence-corrected chi connectivity index (χ1v) is 9.80. The van der Waals surface area contributed by atoms with Crippen LogP contribution in [0.3, 0.4) is 0 Å². The lowest BCUT2D eigenvalue weighted by molar-refractivity contribution is -0.140. The number of methoxy groups -OCH3 is 1. The van der Waals surface area contributed by atoms with Crippen LogP contribution in [0.5, 0.6) is 5.75 Å². The lowest BCUT2D eigenvalue weighted by Crippen LogP contribution is -2.49. The van der Waals surface area contributed by atoms with Gasteiger partial charge in [0, 0.05) is 18.1 Å². The fraction of sp³-hybridized carbons (Fsp3) is 0.364. The second-order valence-corrected chi connectivity index (χ2v) is 6.93. The van der Waals surface area contributed by atoms with E-state index in [0.29, 0.717) is 24.5 Å². The van der Waals surface area contributed by atoms with Gasteiger partial charge in [-0.25, -0.2) is 0 Å². The van der Waals surface area contributed by atoms with Crippen molar-refractivity contribution >= 4 is 23.4 Å². The molecule has 0 saturated carbocycles. The quantitative estimate of drug-likeness (QED) is 0.693. The van der Waals surface area contributed by atoms with E-state index >= 15 is 0 Å². The first-order valence-electron chi connectivity index (χ1n) is 9.43. The molecule has 6 heteroatoms. The second-order valence-electron chi connectivity index (χ2n) is 6.49. The maximum atomic E-state index is 13.1. The summed E-state index contributed by atoms with van der Waals surface area (Å²) >= 11 is 5.93. The predicted octanol–water partition coefficient (Wildman–Crippen LogP) is 3.83. The molecule has 150 valence electrons. The third-order valence-corrected chi connectivity index (χ3v) is 4.77. The Morgan fingerprint density at radius 3 is 2.18 bits per heavy atom. The van der Waals surface area contributed by atoms with Crippen LogP contribution in [0.15, 0.2) is 48.5 Å². The average molecular weight is 403 g/mol. The number of carbonyl (C=O) groups excluding carboxylic acids is 2. The summed E-state index contributed by atoms with van der Waals surface area (Å²) in [5, 5.41) is 3.46. The molecule has 0 aromatic heterocycles. The molecule has 2 aromatic rings. The van der Waals surface area contributed by atoms with Crippen LogP contribution in [0.1, 0.15) is 31.4 Å². The van der Waals surface area contributed by atoms with Gasteiger partial charge in [-0.1, -0.05) is 42.8 Å². The molecule has 0 spiro atoms. The van der Waals surface area contributed by atoms with E-state index < -0.39 is 6.04 Å². The number of rotatable bonds is 9. The van der Waals surface area contributed by atoms with Gasteiger partial charge >= 0.3 is 0 Å². The fourth-order valence-corrected chi connectivity index (χ4v) is 3.14. The van der Waals surface area contributed by atoms with Gasteiger partial charge in [0.25, 0.3) is 0 Å². The van der Waals surface area contributed by atoms with Crippen molar-refractivity contribution in [3.63, 3.8) is 0 Å². The smallest absolute Gasteiger partial charge is 0.242 e. The van der Waals surface area contributed by atoms with E-state index in [1.54, 1.807) is 24.1 Å². The maximum absolute atomic E-state index is 13.1. The van der Waals surface area contributed by atoms with Gasteiger partial charge in [-0.05, 0) is 48.7 Å². The zero-order valence-corrected chi connectivity index (χ0v) is 17.3. The summed E-state index contributed by atoms with van der Waals surface area (Å²) in [4.78, 5) is 27.3. The van der Waals surface area contributed by atoms with Gasteiger partial charge in [0.15, 0.2) is 0 Å². The number of carbonyl (C=O) groups is 2. The summed E-state index contributed by atoms with van der Waals surface area (Å²) in [7, 11) is 1.61. The number of amides is 2. The van der Waals surface area contributed by atoms with Gasteiger partial charge in [-0.15, -0.1) is 0 Å². The molecule has 0 bridgehead atoms. The minimum atomic E-state index is -0.526. The summed E-state index contributed by atoms with van der Waals surface area (Å²) in [5.41, 5.74) is 1.80. The van der Waals surface area contributed by atoms with E-state index in [4.69, 9.17) is 16.3 Å². The van der Waals surface area contributed by atoms with Crippen molar-refractivity contribution < 1.29 is 14.3 Å². The van der Waals surface area contributed by atoms with Crippen molar-refractivity contribution in [2.75, 3.05) is 13.7 Å². The summed E-state index contributed by atoms with van der Waals surface area (Å²) in [6.07, 6.45) is 0.748. The van der Waals surface area contributed by atoms with Crippen LogP contribution in [0.25, 0.3) is 0 Å². The van der Waals surface area contributed by atoms with Crippen LogP contribution < -0.4 is 10.1 Å². The third kappa shape index (κ3) is 5.99. The Morgan fingerprint density at radius 1 is 1.04 bits per heavy atom. The molecular weight excluding hydrogens is 376 g/mol. The highest BCUT2D eigenvalue weighted by Crippen LogP contribution is 2.18. The minimum Gasteiger partial charge on any atom is -0.497 e. The highest BCUT2D eigenvalue weighted by atomic mass is 35.5. The number of likely N-dealkylation sites (N-methyl/N-ethyl adjacent to an activating group) is 1. The zero-order valence-electron chi connectivity index (χ0n) is 16.6. The monoisotopic (exact) mass is 402 g/mol. The normalized spacial score (nSPS) is 11.6. The third-order valence-electron chi connectivity index (χ3n) is 4.52. The minimum absolute atomic E-state index is 0.101. The SMILES string of the molecule is CCNC(=O)[C@@H](CC)N(Cc1ccc(OC)cc1)C(=O)Cc1ccc(Cl)cc1. The summed E-state index contributed by atoms with van der Waals surface area (Å²) < 4.78 is 5.19. The van der Waals surface area contributed by atoms with Gasteiger partial charge < -0.3 is 15.0 Å². The summed E-state index contributed by atoms with van der Waals surface area (Å²) in [6.45, 7) is 4.66. The van der Waals surface area contributed by atoms with Crippen molar-refractivity contribution in [3.05, 3.63) is 64.7 Å². The number of hydrogen-bond donors (Lipinski definition) is 1. The van der Waals surface area contributed by atoms with Gasteiger partial charge in [0.2, 0.25) is 11.8 Å². The highest BCUT2D eigenvalue weighted by Gasteiger charge is 2.28. The van der Waals surface area contributed by atoms with E-state index in [-0.39, 0.29) is 18.2 Å². The van der Waals surface area contributed by atoms with Crippen LogP contribution in [0, 0.1) is 0 Å². The maximum Gasteiger partial charge on any atom is 0.242 e. The van der Waals surface area contributed by atoms with E-state index in [1.165, 1.54) is 0 Å². The lowest BCUT2D eigenvalue weighted by atomic mass is 10.1. The lowest BCUT2D eigenvalue weighted by Gasteiger charge is -2.30. The number of nitrogens with one attached hydrogen (secondary N) is 1. The van der Waals surface area contributed by atoms with E-state index in [0.717, 1.165) is 16.9 Å². The predicted molar refractivity (Wildman–Crippen MR) is 111 cm³/mol. The molecule has 28 heavy (non-hydrogen) atoms. The summed E-state index contributed by atoms with van der Waals surface area (Å²) in [5.74, 6) is 0.512. The molecule has 2 rings (SSSR count). The first-order chi connectivity index (χ1) is 13.5.